The third kappa shape index (κ3) is 3.13. The lowest BCUT2D eigenvalue weighted by Crippen LogP contribution is -2.16. The van der Waals surface area contributed by atoms with Gasteiger partial charge in [0.25, 0.3) is 0 Å². The zero-order chi connectivity index (χ0) is 11.4. The number of aromatic hydroxyl groups is 1. The number of hydrogen-bond acceptors (Lipinski definition) is 2. The van der Waals surface area contributed by atoms with Crippen molar-refractivity contribution in [3.8, 4) is 5.75 Å². The first-order chi connectivity index (χ1) is 7.00. The first-order valence-electron chi connectivity index (χ1n) is 4.74. The molecule has 0 saturated carbocycles. The van der Waals surface area contributed by atoms with Gasteiger partial charge in [-0.3, -0.25) is 4.79 Å². The van der Waals surface area contributed by atoms with E-state index >= 15 is 0 Å². The lowest BCUT2D eigenvalue weighted by molar-refractivity contribution is -0.114. The molecule has 0 bridgehead atoms. The molecule has 0 heterocycles. The predicted octanol–water partition coefficient (Wildman–Crippen LogP) is 1.76. The lowest BCUT2D eigenvalue weighted by atomic mass is 10.0. The topological polar surface area (TPSA) is 63.3 Å². The summed E-state index contributed by atoms with van der Waals surface area (Å²) in [7, 11) is 0. The number of hydrogen-bond donors (Lipinski definition) is 2. The normalized spacial score (nSPS) is 9.73. The maximum absolute atomic E-state index is 11.1. The highest BCUT2D eigenvalue weighted by atomic mass is 16.3. The largest absolute Gasteiger partial charge is 0.508 e. The van der Waals surface area contributed by atoms with E-state index in [1.807, 2.05) is 13.8 Å². The minimum absolute atomic E-state index is 0.219. The number of phenolic OH excluding ortho intramolecular Hbond substituents is 1. The second-order valence-corrected chi connectivity index (χ2v) is 3.69. The molecule has 3 N–H and O–H groups in total. The quantitative estimate of drug-likeness (QED) is 0.738. The van der Waals surface area contributed by atoms with Gasteiger partial charge in [0.15, 0.2) is 0 Å². The zero-order valence-corrected chi connectivity index (χ0v) is 8.95. The fourth-order valence-corrected chi connectivity index (χ4v) is 1.33. The predicted molar refractivity (Wildman–Crippen MR) is 59.4 cm³/mol. The Hall–Kier alpha value is -1.77. The Bertz CT molecular complexity index is 387. The van der Waals surface area contributed by atoms with E-state index in [1.165, 1.54) is 0 Å². The molecule has 1 rings (SSSR count). The SMILES string of the molecule is CC(C)=C(Cc1ccc(O)cc1)C(N)=O. The average molecular weight is 205 g/mol. The number of amides is 1. The maximum atomic E-state index is 11.1. The average Bonchev–Trinajstić information content (AvgIpc) is 2.15. The summed E-state index contributed by atoms with van der Waals surface area (Å²) in [6, 6.07) is 6.75. The fourth-order valence-electron chi connectivity index (χ4n) is 1.33. The first kappa shape index (κ1) is 11.3. The number of rotatable bonds is 3. The molecule has 1 amide bonds. The molecule has 0 atom stereocenters. The number of allylic oxidation sites excluding steroid dienone is 1. The molecule has 0 aliphatic carbocycles. The van der Waals surface area contributed by atoms with Gasteiger partial charge in [-0.1, -0.05) is 17.7 Å². The van der Waals surface area contributed by atoms with E-state index in [9.17, 15) is 4.79 Å². The van der Waals surface area contributed by atoms with Crippen LogP contribution in [0.1, 0.15) is 19.4 Å². The lowest BCUT2D eigenvalue weighted by Gasteiger charge is -2.06. The maximum Gasteiger partial charge on any atom is 0.244 e. The first-order valence-corrected chi connectivity index (χ1v) is 4.74. The van der Waals surface area contributed by atoms with Gasteiger partial charge in [0, 0.05) is 12.0 Å². The summed E-state index contributed by atoms with van der Waals surface area (Å²) in [4.78, 5) is 11.1. The van der Waals surface area contributed by atoms with Crippen molar-refractivity contribution < 1.29 is 9.90 Å². The van der Waals surface area contributed by atoms with Crippen molar-refractivity contribution in [1.82, 2.24) is 0 Å². The molecule has 0 aromatic heterocycles. The summed E-state index contributed by atoms with van der Waals surface area (Å²) in [6.45, 7) is 3.72. The second-order valence-electron chi connectivity index (χ2n) is 3.69. The van der Waals surface area contributed by atoms with Gasteiger partial charge in [0.2, 0.25) is 5.91 Å². The third-order valence-corrected chi connectivity index (χ3v) is 2.22. The van der Waals surface area contributed by atoms with Crippen LogP contribution in [0.4, 0.5) is 0 Å². The van der Waals surface area contributed by atoms with E-state index in [0.717, 1.165) is 11.1 Å². The van der Waals surface area contributed by atoms with Gasteiger partial charge >= 0.3 is 0 Å². The Labute approximate surface area is 89.2 Å². The number of benzene rings is 1. The van der Waals surface area contributed by atoms with Gasteiger partial charge in [-0.15, -0.1) is 0 Å². The van der Waals surface area contributed by atoms with Crippen molar-refractivity contribution in [1.29, 1.82) is 0 Å². The number of carbonyl (C=O) groups is 1. The Kier molecular flexibility index (Phi) is 3.50. The fraction of sp³-hybridized carbons (Fsp3) is 0.250. The van der Waals surface area contributed by atoms with Crippen LogP contribution in [-0.2, 0) is 11.2 Å². The minimum Gasteiger partial charge on any atom is -0.508 e. The van der Waals surface area contributed by atoms with Gasteiger partial charge in [-0.05, 0) is 31.5 Å². The Morgan fingerprint density at radius 1 is 1.27 bits per heavy atom. The van der Waals surface area contributed by atoms with E-state index in [1.54, 1.807) is 24.3 Å². The van der Waals surface area contributed by atoms with Crippen molar-refractivity contribution in [2.24, 2.45) is 5.73 Å². The molecule has 0 saturated heterocycles. The van der Waals surface area contributed by atoms with E-state index in [4.69, 9.17) is 10.8 Å². The van der Waals surface area contributed by atoms with Crippen LogP contribution >= 0.6 is 0 Å². The van der Waals surface area contributed by atoms with Gasteiger partial charge in [-0.2, -0.15) is 0 Å². The van der Waals surface area contributed by atoms with Crippen LogP contribution in [0.5, 0.6) is 5.75 Å². The van der Waals surface area contributed by atoms with Crippen LogP contribution < -0.4 is 5.73 Å². The summed E-state index contributed by atoms with van der Waals surface area (Å²) in [6.07, 6.45) is 0.512. The zero-order valence-electron chi connectivity index (χ0n) is 8.95. The van der Waals surface area contributed by atoms with Gasteiger partial charge in [0.1, 0.15) is 5.75 Å². The Balaban J connectivity index is 2.90. The summed E-state index contributed by atoms with van der Waals surface area (Å²) < 4.78 is 0. The second kappa shape index (κ2) is 4.64. The summed E-state index contributed by atoms with van der Waals surface area (Å²) in [5.74, 6) is -0.167. The van der Waals surface area contributed by atoms with E-state index in [0.29, 0.717) is 12.0 Å². The minimum atomic E-state index is -0.386. The van der Waals surface area contributed by atoms with Crippen LogP contribution in [0.2, 0.25) is 0 Å². The van der Waals surface area contributed by atoms with Crippen LogP contribution in [0.25, 0.3) is 0 Å². The van der Waals surface area contributed by atoms with Gasteiger partial charge in [0.05, 0.1) is 0 Å². The summed E-state index contributed by atoms with van der Waals surface area (Å²) in [5.41, 5.74) is 7.78. The molecule has 0 aliphatic rings. The molecule has 0 spiro atoms. The molecule has 1 aromatic carbocycles. The van der Waals surface area contributed by atoms with Gasteiger partial charge in [-0.25, -0.2) is 0 Å². The van der Waals surface area contributed by atoms with Crippen LogP contribution in [-0.4, -0.2) is 11.0 Å². The molecule has 3 nitrogen and oxygen atoms in total. The highest BCUT2D eigenvalue weighted by Crippen LogP contribution is 2.15. The number of phenols is 1. The van der Waals surface area contributed by atoms with E-state index in [2.05, 4.69) is 0 Å². The molecular formula is C12H15NO2. The molecule has 15 heavy (non-hydrogen) atoms. The van der Waals surface area contributed by atoms with Crippen molar-refractivity contribution in [3.63, 3.8) is 0 Å². The summed E-state index contributed by atoms with van der Waals surface area (Å²) in [5, 5.41) is 9.11. The number of carbonyl (C=O) groups excluding carboxylic acids is 1. The monoisotopic (exact) mass is 205 g/mol. The van der Waals surface area contributed by atoms with E-state index in [-0.39, 0.29) is 11.7 Å². The smallest absolute Gasteiger partial charge is 0.244 e. The molecule has 0 unspecified atom stereocenters. The molecular weight excluding hydrogens is 190 g/mol. The summed E-state index contributed by atoms with van der Waals surface area (Å²) >= 11 is 0. The molecule has 1 aromatic rings. The molecule has 3 heteroatoms. The number of nitrogens with two attached hydrogens (primary N) is 1. The molecule has 0 radical (unpaired) electrons. The van der Waals surface area contributed by atoms with Crippen molar-refractivity contribution >= 4 is 5.91 Å². The van der Waals surface area contributed by atoms with Crippen molar-refractivity contribution in [2.45, 2.75) is 20.3 Å². The van der Waals surface area contributed by atoms with Crippen LogP contribution in [0.3, 0.4) is 0 Å². The molecule has 80 valence electrons. The molecule has 0 aliphatic heterocycles. The standard InChI is InChI=1S/C12H15NO2/c1-8(2)11(12(13)15)7-9-3-5-10(14)6-4-9/h3-6,14H,7H2,1-2H3,(H2,13,15). The van der Waals surface area contributed by atoms with Crippen molar-refractivity contribution in [2.75, 3.05) is 0 Å². The molecule has 0 fully saturated rings. The highest BCUT2D eigenvalue weighted by molar-refractivity contribution is 5.93. The van der Waals surface area contributed by atoms with E-state index < -0.39 is 0 Å². The van der Waals surface area contributed by atoms with Crippen molar-refractivity contribution in [3.05, 3.63) is 41.0 Å². The third-order valence-electron chi connectivity index (χ3n) is 2.22. The van der Waals surface area contributed by atoms with Crippen LogP contribution in [0.15, 0.2) is 35.4 Å². The Morgan fingerprint density at radius 2 is 1.80 bits per heavy atom. The highest BCUT2D eigenvalue weighted by Gasteiger charge is 2.07. The van der Waals surface area contributed by atoms with Crippen LogP contribution in [0, 0.1) is 0 Å². The number of primary amides is 1. The Morgan fingerprint density at radius 3 is 2.20 bits per heavy atom. The van der Waals surface area contributed by atoms with Gasteiger partial charge < -0.3 is 10.8 Å².